The van der Waals surface area contributed by atoms with Gasteiger partial charge in [-0.1, -0.05) is 91.1 Å². The molecule has 2 aliphatic heterocycles. The lowest BCUT2D eigenvalue weighted by Crippen LogP contribution is -2.04. The van der Waals surface area contributed by atoms with Gasteiger partial charge in [-0.15, -0.1) is 0 Å². The lowest BCUT2D eigenvalue weighted by Gasteiger charge is -2.11. The van der Waals surface area contributed by atoms with Gasteiger partial charge in [0, 0.05) is 39.8 Å². The molecule has 3 heteroatoms. The smallest absolute Gasteiger partial charge is 0.0869 e. The Bertz CT molecular complexity index is 1810. The first-order chi connectivity index (χ1) is 17.4. The number of para-hydroxylation sites is 3. The highest BCUT2D eigenvalue weighted by Crippen LogP contribution is 2.36. The van der Waals surface area contributed by atoms with Crippen molar-refractivity contribution >= 4 is 69.0 Å². The van der Waals surface area contributed by atoms with Crippen LogP contribution >= 0.6 is 0 Å². The van der Waals surface area contributed by atoms with Crippen LogP contribution in [0.1, 0.15) is 16.8 Å². The molecule has 0 amide bonds. The van der Waals surface area contributed by atoms with E-state index < -0.39 is 0 Å². The third kappa shape index (κ3) is 3.09. The van der Waals surface area contributed by atoms with Gasteiger partial charge in [-0.3, -0.25) is 4.99 Å². The van der Waals surface area contributed by atoms with Gasteiger partial charge in [0.05, 0.1) is 28.8 Å². The van der Waals surface area contributed by atoms with Crippen molar-refractivity contribution < 1.29 is 0 Å². The van der Waals surface area contributed by atoms with Crippen LogP contribution in [0.2, 0.25) is 0 Å². The summed E-state index contributed by atoms with van der Waals surface area (Å²) in [6.45, 7) is 0.852. The van der Waals surface area contributed by atoms with E-state index in [1.807, 2.05) is 6.21 Å². The van der Waals surface area contributed by atoms with E-state index in [0.29, 0.717) is 0 Å². The van der Waals surface area contributed by atoms with Crippen LogP contribution in [0.3, 0.4) is 0 Å². The van der Waals surface area contributed by atoms with Gasteiger partial charge in [-0.05, 0) is 29.8 Å². The molecule has 35 heavy (non-hydrogen) atoms. The minimum Gasteiger partial charge on any atom is -0.333 e. The van der Waals surface area contributed by atoms with Gasteiger partial charge in [0.1, 0.15) is 0 Å². The molecule has 1 aliphatic carbocycles. The molecule has 3 aromatic carbocycles. The summed E-state index contributed by atoms with van der Waals surface area (Å²) < 4.78 is 4.62. The van der Waals surface area contributed by atoms with Crippen LogP contribution in [0.5, 0.6) is 0 Å². The van der Waals surface area contributed by atoms with Crippen LogP contribution in [0.4, 0.5) is 5.69 Å². The molecule has 0 atom stereocenters. The topological polar surface area (TPSA) is 22.2 Å². The second kappa shape index (κ2) is 8.00. The lowest BCUT2D eigenvalue weighted by molar-refractivity contribution is 0.887. The number of benzene rings is 3. The molecule has 0 radical (unpaired) electrons. The Hall–Kier alpha value is -4.63. The lowest BCUT2D eigenvalue weighted by atomic mass is 10.1. The molecule has 5 aromatic rings. The summed E-state index contributed by atoms with van der Waals surface area (Å²) in [6, 6.07) is 21.4. The van der Waals surface area contributed by atoms with Crippen LogP contribution in [0.15, 0.2) is 102 Å². The van der Waals surface area contributed by atoms with Gasteiger partial charge in [0.25, 0.3) is 0 Å². The number of fused-ring (bicyclic) bond motifs is 6. The highest BCUT2D eigenvalue weighted by Gasteiger charge is 2.17. The van der Waals surface area contributed by atoms with E-state index in [-0.39, 0.29) is 0 Å². The van der Waals surface area contributed by atoms with Crippen molar-refractivity contribution in [2.24, 2.45) is 4.99 Å². The Morgan fingerprint density at radius 3 is 2.40 bits per heavy atom. The Balaban J connectivity index is 0.000000120. The van der Waals surface area contributed by atoms with Gasteiger partial charge in [-0.2, -0.15) is 0 Å². The molecule has 0 N–H and O–H groups in total. The van der Waals surface area contributed by atoms with Crippen molar-refractivity contribution in [1.82, 2.24) is 9.13 Å². The van der Waals surface area contributed by atoms with Crippen molar-refractivity contribution in [3.8, 4) is 0 Å². The van der Waals surface area contributed by atoms with Gasteiger partial charge in [-0.25, -0.2) is 0 Å². The molecule has 3 nitrogen and oxygen atoms in total. The second-order valence-electron chi connectivity index (χ2n) is 8.83. The quantitative estimate of drug-likeness (QED) is 0.227. The van der Waals surface area contributed by atoms with E-state index in [4.69, 9.17) is 0 Å². The molecule has 3 aliphatic rings. The first-order valence-electron chi connectivity index (χ1n) is 12.0. The number of rotatable bonds is 0. The monoisotopic (exact) mass is 449 g/mol. The Kier molecular flexibility index (Phi) is 4.52. The van der Waals surface area contributed by atoms with Crippen LogP contribution in [0.25, 0.3) is 57.1 Å². The molecule has 0 unspecified atom stereocenters. The predicted molar refractivity (Wildman–Crippen MR) is 151 cm³/mol. The Morgan fingerprint density at radius 1 is 0.629 bits per heavy atom. The highest BCUT2D eigenvalue weighted by molar-refractivity contribution is 6.12. The first kappa shape index (κ1) is 19.8. The first-order valence-corrected chi connectivity index (χ1v) is 12.0. The van der Waals surface area contributed by atoms with Gasteiger partial charge in [0.15, 0.2) is 0 Å². The average molecular weight is 450 g/mol. The number of hydrogen-bond donors (Lipinski definition) is 0. The fraction of sp³-hybridized carbons (Fsp3) is 0.0312. The van der Waals surface area contributed by atoms with E-state index in [0.717, 1.165) is 12.2 Å². The molecule has 4 heterocycles. The van der Waals surface area contributed by atoms with E-state index in [9.17, 15) is 0 Å². The zero-order valence-corrected chi connectivity index (χ0v) is 19.2. The summed E-state index contributed by atoms with van der Waals surface area (Å²) in [5, 5.41) is 3.94. The molecule has 2 aromatic heterocycles. The summed E-state index contributed by atoms with van der Waals surface area (Å²) in [5.41, 5.74) is 8.74. The average Bonchev–Trinajstić information content (AvgIpc) is 3.25. The molecule has 0 saturated carbocycles. The standard InChI is InChI=1S/C16H12N2.C16H11N/c1-2-4-9-15-12(6-3-1)13-7-5-8-14-16(13)18(15)11-10-17-14;1-2-10-15-13(8-1)14-9-5-7-12-6-3-4-11-17(15)16(12)14/h1-10H,11H2;1-11H/b2-1-,3-1?,4-2?,6-3?,9-4-,12-6?,15-9?;. The molecule has 0 bridgehead atoms. The Morgan fingerprint density at radius 2 is 1.43 bits per heavy atom. The largest absolute Gasteiger partial charge is 0.333 e. The van der Waals surface area contributed by atoms with E-state index in [1.54, 1.807) is 0 Å². The molecule has 0 spiro atoms. The maximum Gasteiger partial charge on any atom is 0.0869 e. The summed E-state index contributed by atoms with van der Waals surface area (Å²) in [7, 11) is 0. The van der Waals surface area contributed by atoms with Crippen molar-refractivity contribution in [3.05, 3.63) is 114 Å². The second-order valence-corrected chi connectivity index (χ2v) is 8.83. The molecule has 0 fully saturated rings. The number of nitrogens with zero attached hydrogens (tertiary/aromatic N) is 3. The minimum absolute atomic E-state index is 0.852. The fourth-order valence-electron chi connectivity index (χ4n) is 5.40. The van der Waals surface area contributed by atoms with E-state index in [2.05, 4.69) is 136 Å². The van der Waals surface area contributed by atoms with E-state index in [1.165, 1.54) is 49.5 Å². The maximum atomic E-state index is 4.49. The van der Waals surface area contributed by atoms with Gasteiger partial charge < -0.3 is 9.13 Å². The number of aromatic nitrogens is 2. The third-order valence-electron chi connectivity index (χ3n) is 6.87. The van der Waals surface area contributed by atoms with Crippen molar-refractivity contribution in [2.75, 3.05) is 0 Å². The van der Waals surface area contributed by atoms with Crippen LogP contribution in [0, 0.1) is 0 Å². The van der Waals surface area contributed by atoms with Gasteiger partial charge in [0.2, 0.25) is 0 Å². The summed E-state index contributed by atoms with van der Waals surface area (Å²) in [6.07, 6.45) is 23.1. The molecule has 0 saturated heterocycles. The van der Waals surface area contributed by atoms with Crippen molar-refractivity contribution in [2.45, 2.75) is 6.54 Å². The molecule has 8 rings (SSSR count). The fourth-order valence-corrected chi connectivity index (χ4v) is 5.40. The highest BCUT2D eigenvalue weighted by atomic mass is 15.0. The summed E-state index contributed by atoms with van der Waals surface area (Å²) >= 11 is 0. The van der Waals surface area contributed by atoms with Crippen LogP contribution in [-0.2, 0) is 6.54 Å². The number of allylic oxidation sites excluding steroid dienone is 6. The van der Waals surface area contributed by atoms with Crippen LogP contribution in [-0.4, -0.2) is 15.3 Å². The summed E-state index contributed by atoms with van der Waals surface area (Å²) in [5.74, 6) is 0. The van der Waals surface area contributed by atoms with E-state index >= 15 is 0 Å². The Labute approximate surface area is 203 Å². The number of aliphatic imine (C=N–C) groups is 1. The normalized spacial score (nSPS) is 16.5. The molecule has 166 valence electrons. The van der Waals surface area contributed by atoms with Gasteiger partial charge >= 0.3 is 0 Å². The van der Waals surface area contributed by atoms with Crippen molar-refractivity contribution in [1.29, 1.82) is 0 Å². The van der Waals surface area contributed by atoms with Crippen LogP contribution < -0.4 is 0 Å². The maximum absolute atomic E-state index is 4.49. The molecular weight excluding hydrogens is 426 g/mol. The SMILES string of the molecule is C1=Cc2c(n3c4c(cccc24)N=CC3)/C=C\C=C/1.C1=Cc2cccc3c4ccccc4n(c23)C=C1. The third-order valence-corrected chi connectivity index (χ3v) is 6.87. The van der Waals surface area contributed by atoms with Crippen molar-refractivity contribution in [3.63, 3.8) is 0 Å². The number of hydrogen-bond acceptors (Lipinski definition) is 1. The minimum atomic E-state index is 0.852. The zero-order chi connectivity index (χ0) is 23.2. The predicted octanol–water partition coefficient (Wildman–Crippen LogP) is 8.25. The molecular formula is C32H23N3. The summed E-state index contributed by atoms with van der Waals surface area (Å²) in [4.78, 5) is 4.49. The zero-order valence-electron chi connectivity index (χ0n) is 19.2.